The molecule has 3 aromatic rings. The lowest BCUT2D eigenvalue weighted by Gasteiger charge is -2.32. The number of H-pyrrole nitrogens is 1. The average molecular weight is 447 g/mol. The molecule has 7 nitrogen and oxygen atoms in total. The van der Waals surface area contributed by atoms with Crippen LogP contribution in [0.5, 0.6) is 0 Å². The van der Waals surface area contributed by atoms with Crippen molar-refractivity contribution in [2.75, 3.05) is 38.1 Å². The Hall–Kier alpha value is -3.16. The predicted octanol–water partition coefficient (Wildman–Crippen LogP) is 4.04. The first kappa shape index (κ1) is 21.7. The molecule has 0 radical (unpaired) electrons. The summed E-state index contributed by atoms with van der Waals surface area (Å²) in [6.45, 7) is 3.44. The van der Waals surface area contributed by atoms with Crippen molar-refractivity contribution in [1.82, 2.24) is 14.9 Å². The third-order valence-corrected chi connectivity index (χ3v) is 6.52. The van der Waals surface area contributed by atoms with E-state index in [0.29, 0.717) is 19.5 Å². The maximum atomic E-state index is 13.0. The number of likely N-dealkylation sites (tertiary alicyclic amines) is 1. The highest BCUT2D eigenvalue weighted by Gasteiger charge is 2.29. The molecular formula is C26H30N4O3. The number of carbonyl (C=O) groups excluding carboxylic acids is 2. The van der Waals surface area contributed by atoms with Crippen LogP contribution in [0.3, 0.4) is 0 Å². The first-order chi connectivity index (χ1) is 16.2. The van der Waals surface area contributed by atoms with Gasteiger partial charge in [0.15, 0.2) is 0 Å². The van der Waals surface area contributed by atoms with Gasteiger partial charge in [0.05, 0.1) is 12.5 Å². The fourth-order valence-electron chi connectivity index (χ4n) is 4.71. The Morgan fingerprint density at radius 3 is 2.82 bits per heavy atom. The lowest BCUT2D eigenvalue weighted by molar-refractivity contribution is -0.141. The van der Waals surface area contributed by atoms with Crippen LogP contribution in [0.4, 0.5) is 5.69 Å². The van der Waals surface area contributed by atoms with Gasteiger partial charge in [-0.1, -0.05) is 30.3 Å². The molecule has 0 saturated carbocycles. The monoisotopic (exact) mass is 446 g/mol. The molecular weight excluding hydrogens is 416 g/mol. The summed E-state index contributed by atoms with van der Waals surface area (Å²) in [4.78, 5) is 36.4. The number of aromatic amines is 1. The summed E-state index contributed by atoms with van der Waals surface area (Å²) < 4.78 is 0. The van der Waals surface area contributed by atoms with Gasteiger partial charge in [-0.25, -0.2) is 0 Å². The summed E-state index contributed by atoms with van der Waals surface area (Å²) in [6.07, 6.45) is 3.09. The summed E-state index contributed by atoms with van der Waals surface area (Å²) in [5.74, 6) is -0.115. The van der Waals surface area contributed by atoms with Crippen molar-refractivity contribution in [3.63, 3.8) is 0 Å². The highest BCUT2D eigenvalue weighted by Crippen LogP contribution is 2.27. The zero-order chi connectivity index (χ0) is 22.6. The van der Waals surface area contributed by atoms with Gasteiger partial charge in [0.2, 0.25) is 11.8 Å². The SMILES string of the molecule is O=C(Nc1cccc(-c2cc3ccccc3[nH]2)c1)[C@H]1CCCN(C(=O)CCN2CCCO2)C1. The normalized spacial score (nSPS) is 19.2. The summed E-state index contributed by atoms with van der Waals surface area (Å²) in [7, 11) is 0. The van der Waals surface area contributed by atoms with Crippen LogP contribution < -0.4 is 5.32 Å². The van der Waals surface area contributed by atoms with Crippen LogP contribution in [-0.2, 0) is 14.4 Å². The van der Waals surface area contributed by atoms with E-state index in [9.17, 15) is 9.59 Å². The van der Waals surface area contributed by atoms with Crippen LogP contribution in [0.15, 0.2) is 54.6 Å². The van der Waals surface area contributed by atoms with E-state index in [1.165, 1.54) is 0 Å². The molecule has 2 aliphatic heterocycles. The van der Waals surface area contributed by atoms with Gasteiger partial charge in [-0.2, -0.15) is 5.06 Å². The smallest absolute Gasteiger partial charge is 0.229 e. The number of anilines is 1. The van der Waals surface area contributed by atoms with Gasteiger partial charge in [-0.05, 0) is 43.5 Å². The third kappa shape index (κ3) is 5.10. The van der Waals surface area contributed by atoms with Crippen molar-refractivity contribution in [3.05, 3.63) is 54.6 Å². The number of fused-ring (bicyclic) bond motifs is 1. The number of piperidine rings is 1. The van der Waals surface area contributed by atoms with Crippen LogP contribution in [0, 0.1) is 5.92 Å². The highest BCUT2D eigenvalue weighted by molar-refractivity contribution is 5.94. The largest absolute Gasteiger partial charge is 0.355 e. The molecule has 33 heavy (non-hydrogen) atoms. The van der Waals surface area contributed by atoms with E-state index < -0.39 is 0 Å². The number of hydroxylamine groups is 2. The van der Waals surface area contributed by atoms with E-state index in [-0.39, 0.29) is 17.7 Å². The first-order valence-corrected chi connectivity index (χ1v) is 11.8. The summed E-state index contributed by atoms with van der Waals surface area (Å²) in [5, 5.41) is 6.10. The zero-order valence-electron chi connectivity index (χ0n) is 18.8. The van der Waals surface area contributed by atoms with Crippen molar-refractivity contribution in [1.29, 1.82) is 0 Å². The maximum absolute atomic E-state index is 13.0. The molecule has 0 aliphatic carbocycles. The highest BCUT2D eigenvalue weighted by atomic mass is 16.7. The fourth-order valence-corrected chi connectivity index (χ4v) is 4.71. The van der Waals surface area contributed by atoms with E-state index in [0.717, 1.165) is 66.8 Å². The van der Waals surface area contributed by atoms with E-state index >= 15 is 0 Å². The summed E-state index contributed by atoms with van der Waals surface area (Å²) in [5.41, 5.74) is 3.90. The van der Waals surface area contributed by atoms with Crippen LogP contribution in [0.25, 0.3) is 22.2 Å². The fraction of sp³-hybridized carbons (Fsp3) is 0.385. The molecule has 5 rings (SSSR count). The number of carbonyl (C=O) groups is 2. The van der Waals surface area contributed by atoms with Crippen LogP contribution >= 0.6 is 0 Å². The van der Waals surface area contributed by atoms with Gasteiger partial charge < -0.3 is 15.2 Å². The van der Waals surface area contributed by atoms with Gasteiger partial charge in [0.25, 0.3) is 0 Å². The van der Waals surface area contributed by atoms with E-state index in [4.69, 9.17) is 4.84 Å². The van der Waals surface area contributed by atoms with Crippen molar-refractivity contribution >= 4 is 28.4 Å². The standard InChI is InChI=1S/C26H30N4O3/c31-25(11-14-30-13-5-15-33-30)29-12-4-8-21(18-29)26(32)27-22-9-3-7-19(16-22)24-17-20-6-1-2-10-23(20)28-24/h1-3,6-7,9-10,16-17,21,28H,4-5,8,11-15,18H2,(H,27,32)/t21-/m0/s1. The number of nitrogens with one attached hydrogen (secondary N) is 2. The van der Waals surface area contributed by atoms with E-state index in [2.05, 4.69) is 28.5 Å². The van der Waals surface area contributed by atoms with Crippen molar-refractivity contribution in [3.8, 4) is 11.3 Å². The Kier molecular flexibility index (Phi) is 6.41. The molecule has 3 heterocycles. The second-order valence-corrected chi connectivity index (χ2v) is 8.89. The lowest BCUT2D eigenvalue weighted by Crippen LogP contribution is -2.44. The van der Waals surface area contributed by atoms with Crippen LogP contribution in [0.1, 0.15) is 25.7 Å². The molecule has 2 N–H and O–H groups in total. The first-order valence-electron chi connectivity index (χ1n) is 11.8. The quantitative estimate of drug-likeness (QED) is 0.599. The number of rotatable bonds is 6. The van der Waals surface area contributed by atoms with Crippen molar-refractivity contribution < 1.29 is 14.4 Å². The number of nitrogens with zero attached hydrogens (tertiary/aromatic N) is 2. The number of hydrogen-bond donors (Lipinski definition) is 2. The second-order valence-electron chi connectivity index (χ2n) is 8.89. The van der Waals surface area contributed by atoms with Gasteiger partial charge in [0.1, 0.15) is 0 Å². The Morgan fingerprint density at radius 1 is 1.06 bits per heavy atom. The maximum Gasteiger partial charge on any atom is 0.229 e. The molecule has 2 aliphatic rings. The number of aromatic nitrogens is 1. The molecule has 7 heteroatoms. The summed E-state index contributed by atoms with van der Waals surface area (Å²) in [6, 6.07) is 18.2. The molecule has 2 saturated heterocycles. The minimum Gasteiger partial charge on any atom is -0.355 e. The zero-order valence-corrected chi connectivity index (χ0v) is 18.8. The van der Waals surface area contributed by atoms with Gasteiger partial charge in [0, 0.05) is 60.4 Å². The Balaban J connectivity index is 1.20. The van der Waals surface area contributed by atoms with E-state index in [1.807, 2.05) is 46.4 Å². The molecule has 172 valence electrons. The van der Waals surface area contributed by atoms with Crippen LogP contribution in [-0.4, -0.2) is 59.5 Å². The topological polar surface area (TPSA) is 77.7 Å². The average Bonchev–Trinajstić information content (AvgIpc) is 3.53. The molecule has 1 atom stereocenters. The molecule has 0 unspecified atom stereocenters. The van der Waals surface area contributed by atoms with Gasteiger partial charge >= 0.3 is 0 Å². The number of benzene rings is 2. The van der Waals surface area contributed by atoms with Crippen molar-refractivity contribution in [2.24, 2.45) is 5.92 Å². The second kappa shape index (κ2) is 9.77. The van der Waals surface area contributed by atoms with Crippen molar-refractivity contribution in [2.45, 2.75) is 25.7 Å². The van der Waals surface area contributed by atoms with Gasteiger partial charge in [-0.3, -0.25) is 14.4 Å². The Labute approximate surface area is 193 Å². The van der Waals surface area contributed by atoms with Gasteiger partial charge in [-0.15, -0.1) is 0 Å². The molecule has 2 amide bonds. The van der Waals surface area contributed by atoms with E-state index in [1.54, 1.807) is 0 Å². The predicted molar refractivity (Wildman–Crippen MR) is 128 cm³/mol. The minimum absolute atomic E-state index is 0.0239. The Morgan fingerprint density at radius 2 is 1.97 bits per heavy atom. The third-order valence-electron chi connectivity index (χ3n) is 6.52. The number of amides is 2. The minimum atomic E-state index is -0.192. The number of para-hydroxylation sites is 1. The summed E-state index contributed by atoms with van der Waals surface area (Å²) >= 11 is 0. The lowest BCUT2D eigenvalue weighted by atomic mass is 9.96. The molecule has 0 spiro atoms. The molecule has 2 aromatic carbocycles. The molecule has 2 fully saturated rings. The van der Waals surface area contributed by atoms with Crippen LogP contribution in [0.2, 0.25) is 0 Å². The number of hydrogen-bond acceptors (Lipinski definition) is 4. The molecule has 1 aromatic heterocycles. The Bertz CT molecular complexity index is 1100. The molecule has 0 bridgehead atoms.